The Labute approximate surface area is 105 Å². The van der Waals surface area contributed by atoms with Gasteiger partial charge in [-0.15, -0.1) is 0 Å². The van der Waals surface area contributed by atoms with Crippen LogP contribution in [0.5, 0.6) is 0 Å². The van der Waals surface area contributed by atoms with E-state index in [4.69, 9.17) is 4.74 Å². The molecular formula is C11H18N4O3. The van der Waals surface area contributed by atoms with Crippen LogP contribution in [0.4, 0.5) is 0 Å². The van der Waals surface area contributed by atoms with E-state index in [1.54, 1.807) is 24.9 Å². The third kappa shape index (κ3) is 4.17. The minimum atomic E-state index is -0.361. The molecule has 1 heterocycles. The molecule has 1 rings (SSSR count). The van der Waals surface area contributed by atoms with Crippen LogP contribution >= 0.6 is 0 Å². The highest BCUT2D eigenvalue weighted by molar-refractivity contribution is 5.94. The summed E-state index contributed by atoms with van der Waals surface area (Å²) in [7, 11) is 3.31. The summed E-state index contributed by atoms with van der Waals surface area (Å²) >= 11 is 0. The van der Waals surface area contributed by atoms with Crippen LogP contribution in [0.25, 0.3) is 0 Å². The SMILES string of the molecule is COCCNC(=O)CNC(=O)c1cc(C)n(C)n1. The van der Waals surface area contributed by atoms with E-state index in [0.29, 0.717) is 18.8 Å². The predicted octanol–water partition coefficient (Wildman–Crippen LogP) is -0.779. The Balaban J connectivity index is 2.35. The summed E-state index contributed by atoms with van der Waals surface area (Å²) in [5.41, 5.74) is 1.18. The number of nitrogens with zero attached hydrogens (tertiary/aromatic N) is 2. The first kappa shape index (κ1) is 14.2. The van der Waals surface area contributed by atoms with Gasteiger partial charge < -0.3 is 15.4 Å². The second-order valence-electron chi connectivity index (χ2n) is 3.82. The maximum absolute atomic E-state index is 11.7. The molecular weight excluding hydrogens is 236 g/mol. The predicted molar refractivity (Wildman–Crippen MR) is 65.2 cm³/mol. The fraction of sp³-hybridized carbons (Fsp3) is 0.545. The van der Waals surface area contributed by atoms with Gasteiger partial charge in [-0.25, -0.2) is 0 Å². The minimum absolute atomic E-state index is 0.0713. The Morgan fingerprint density at radius 3 is 2.72 bits per heavy atom. The molecule has 7 nitrogen and oxygen atoms in total. The van der Waals surface area contributed by atoms with Gasteiger partial charge in [0.2, 0.25) is 5.91 Å². The molecule has 0 saturated carbocycles. The molecule has 0 unspecified atom stereocenters. The molecule has 0 radical (unpaired) electrons. The van der Waals surface area contributed by atoms with Gasteiger partial charge in [0.15, 0.2) is 0 Å². The Morgan fingerprint density at radius 2 is 2.17 bits per heavy atom. The number of ether oxygens (including phenoxy) is 1. The molecule has 100 valence electrons. The second-order valence-corrected chi connectivity index (χ2v) is 3.82. The number of carbonyl (C=O) groups is 2. The fourth-order valence-corrected chi connectivity index (χ4v) is 1.28. The number of rotatable bonds is 6. The normalized spacial score (nSPS) is 10.2. The summed E-state index contributed by atoms with van der Waals surface area (Å²) in [4.78, 5) is 23.0. The number of carbonyl (C=O) groups excluding carboxylic acids is 2. The smallest absolute Gasteiger partial charge is 0.272 e. The van der Waals surface area contributed by atoms with E-state index in [-0.39, 0.29) is 18.4 Å². The van der Waals surface area contributed by atoms with E-state index >= 15 is 0 Å². The molecule has 1 aromatic heterocycles. The van der Waals surface area contributed by atoms with Crippen molar-refractivity contribution in [2.45, 2.75) is 6.92 Å². The fourth-order valence-electron chi connectivity index (χ4n) is 1.28. The van der Waals surface area contributed by atoms with Crippen molar-refractivity contribution in [2.24, 2.45) is 7.05 Å². The van der Waals surface area contributed by atoms with Crippen molar-refractivity contribution in [2.75, 3.05) is 26.8 Å². The summed E-state index contributed by atoms with van der Waals surface area (Å²) in [6.45, 7) is 2.65. The number of nitrogens with one attached hydrogen (secondary N) is 2. The Kier molecular flexibility index (Phi) is 5.31. The van der Waals surface area contributed by atoms with Crippen LogP contribution in [0.1, 0.15) is 16.2 Å². The first-order valence-corrected chi connectivity index (χ1v) is 5.59. The van der Waals surface area contributed by atoms with Gasteiger partial charge in [-0.2, -0.15) is 5.10 Å². The lowest BCUT2D eigenvalue weighted by Gasteiger charge is -2.05. The van der Waals surface area contributed by atoms with Crippen molar-refractivity contribution >= 4 is 11.8 Å². The monoisotopic (exact) mass is 254 g/mol. The number of methoxy groups -OCH3 is 1. The number of hydrogen-bond donors (Lipinski definition) is 2. The summed E-state index contributed by atoms with van der Waals surface area (Å²) in [5.74, 6) is -0.617. The van der Waals surface area contributed by atoms with Crippen LogP contribution < -0.4 is 10.6 Å². The minimum Gasteiger partial charge on any atom is -0.383 e. The molecule has 0 aliphatic heterocycles. The third-order valence-electron chi connectivity index (χ3n) is 2.38. The second kappa shape index (κ2) is 6.75. The standard InChI is InChI=1S/C11H18N4O3/c1-8-6-9(14-15(8)2)11(17)13-7-10(16)12-4-5-18-3/h6H,4-5,7H2,1-3H3,(H,12,16)(H,13,17). The zero-order chi connectivity index (χ0) is 13.5. The summed E-state index contributed by atoms with van der Waals surface area (Å²) < 4.78 is 6.39. The van der Waals surface area contributed by atoms with Crippen molar-refractivity contribution in [3.05, 3.63) is 17.5 Å². The van der Waals surface area contributed by atoms with Crippen LogP contribution in [0, 0.1) is 6.92 Å². The van der Waals surface area contributed by atoms with Gasteiger partial charge in [0.05, 0.1) is 13.2 Å². The molecule has 2 amide bonds. The molecule has 2 N–H and O–H groups in total. The molecule has 0 aliphatic carbocycles. The van der Waals surface area contributed by atoms with Gasteiger partial charge in [-0.05, 0) is 13.0 Å². The summed E-state index contributed by atoms with van der Waals surface area (Å²) in [6.07, 6.45) is 0. The lowest BCUT2D eigenvalue weighted by molar-refractivity contribution is -0.120. The van der Waals surface area contributed by atoms with Crippen molar-refractivity contribution in [3.63, 3.8) is 0 Å². The molecule has 0 aromatic carbocycles. The van der Waals surface area contributed by atoms with Crippen LogP contribution in [0.3, 0.4) is 0 Å². The quantitative estimate of drug-likeness (QED) is 0.652. The van der Waals surface area contributed by atoms with Crippen LogP contribution in [0.15, 0.2) is 6.07 Å². The highest BCUT2D eigenvalue weighted by Gasteiger charge is 2.11. The van der Waals surface area contributed by atoms with Gasteiger partial charge in [0.1, 0.15) is 5.69 Å². The topological polar surface area (TPSA) is 85.3 Å². The largest absolute Gasteiger partial charge is 0.383 e. The summed E-state index contributed by atoms with van der Waals surface area (Å²) in [6, 6.07) is 1.66. The summed E-state index contributed by atoms with van der Waals surface area (Å²) in [5, 5.41) is 9.12. The Bertz CT molecular complexity index is 408. The number of amides is 2. The highest BCUT2D eigenvalue weighted by Crippen LogP contribution is 2.00. The number of aromatic nitrogens is 2. The molecule has 0 atom stereocenters. The van der Waals surface area contributed by atoms with E-state index in [2.05, 4.69) is 15.7 Å². The van der Waals surface area contributed by atoms with Crippen molar-refractivity contribution in [3.8, 4) is 0 Å². The molecule has 1 aromatic rings. The first-order valence-electron chi connectivity index (χ1n) is 5.59. The highest BCUT2D eigenvalue weighted by atomic mass is 16.5. The van der Waals surface area contributed by atoms with Crippen LogP contribution in [-0.2, 0) is 16.6 Å². The molecule has 7 heteroatoms. The molecule has 18 heavy (non-hydrogen) atoms. The van der Waals surface area contributed by atoms with E-state index in [0.717, 1.165) is 5.69 Å². The van der Waals surface area contributed by atoms with Crippen molar-refractivity contribution < 1.29 is 14.3 Å². The maximum atomic E-state index is 11.7. The van der Waals surface area contributed by atoms with E-state index in [1.165, 1.54) is 0 Å². The molecule has 0 spiro atoms. The third-order valence-corrected chi connectivity index (χ3v) is 2.38. The molecule has 0 saturated heterocycles. The van der Waals surface area contributed by atoms with E-state index in [9.17, 15) is 9.59 Å². The molecule has 0 aliphatic rings. The zero-order valence-corrected chi connectivity index (χ0v) is 10.8. The van der Waals surface area contributed by atoms with Crippen molar-refractivity contribution in [1.82, 2.24) is 20.4 Å². The van der Waals surface area contributed by atoms with Gasteiger partial charge in [0.25, 0.3) is 5.91 Å². The molecule has 0 bridgehead atoms. The zero-order valence-electron chi connectivity index (χ0n) is 10.8. The number of aryl methyl sites for hydroxylation is 2. The Morgan fingerprint density at radius 1 is 1.44 bits per heavy atom. The molecule has 0 fully saturated rings. The van der Waals surface area contributed by atoms with Gasteiger partial charge >= 0.3 is 0 Å². The van der Waals surface area contributed by atoms with E-state index < -0.39 is 0 Å². The van der Waals surface area contributed by atoms with E-state index in [1.807, 2.05) is 6.92 Å². The first-order chi connectivity index (χ1) is 8.54. The maximum Gasteiger partial charge on any atom is 0.272 e. The number of hydrogen-bond acceptors (Lipinski definition) is 4. The van der Waals surface area contributed by atoms with Crippen LogP contribution in [0.2, 0.25) is 0 Å². The van der Waals surface area contributed by atoms with Crippen molar-refractivity contribution in [1.29, 1.82) is 0 Å². The van der Waals surface area contributed by atoms with Gasteiger partial charge in [-0.3, -0.25) is 14.3 Å². The Hall–Kier alpha value is -1.89. The van der Waals surface area contributed by atoms with Gasteiger partial charge in [-0.1, -0.05) is 0 Å². The average molecular weight is 254 g/mol. The average Bonchev–Trinajstić information content (AvgIpc) is 2.67. The van der Waals surface area contributed by atoms with Crippen LogP contribution in [-0.4, -0.2) is 48.4 Å². The van der Waals surface area contributed by atoms with Gasteiger partial charge in [0, 0.05) is 26.4 Å². The lowest BCUT2D eigenvalue weighted by Crippen LogP contribution is -2.38. The lowest BCUT2D eigenvalue weighted by atomic mass is 10.3.